The Morgan fingerprint density at radius 1 is 1.61 bits per heavy atom. The first-order valence-corrected chi connectivity index (χ1v) is 7.79. The van der Waals surface area contributed by atoms with Crippen molar-refractivity contribution in [2.75, 3.05) is 19.3 Å². The molecule has 1 unspecified atom stereocenters. The molecule has 4 N–H and O–H groups in total. The Labute approximate surface area is 110 Å². The van der Waals surface area contributed by atoms with E-state index in [-0.39, 0.29) is 24.0 Å². The third-order valence-electron chi connectivity index (χ3n) is 2.11. The Morgan fingerprint density at radius 3 is 2.78 bits per heavy atom. The number of nitrogens with two attached hydrogens (primary N) is 1. The van der Waals surface area contributed by atoms with Crippen LogP contribution >= 0.6 is 11.3 Å². The molecule has 0 saturated heterocycles. The number of nitrogens with zero attached hydrogens (tertiary/aromatic N) is 1. The van der Waals surface area contributed by atoms with Crippen LogP contribution in [0.25, 0.3) is 0 Å². The molecular formula is C9H16N4O3S2. The summed E-state index contributed by atoms with van der Waals surface area (Å²) in [5, 5.41) is 4.75. The predicted molar refractivity (Wildman–Crippen MR) is 69.9 cm³/mol. The number of aromatic nitrogens is 1. The van der Waals surface area contributed by atoms with E-state index in [0.717, 1.165) is 0 Å². The van der Waals surface area contributed by atoms with Crippen molar-refractivity contribution in [2.24, 2.45) is 5.73 Å². The standard InChI is InChI=1S/C9H16N4O3S2/c1-6(10)9-13-7(5-17-9)8(14)12-3-4-18(15,16)11-2/h5-6,11H,3-4,10H2,1-2H3,(H,12,14). The third-order valence-corrected chi connectivity index (χ3v) is 4.52. The number of thiazole rings is 1. The highest BCUT2D eigenvalue weighted by molar-refractivity contribution is 7.89. The first-order valence-electron chi connectivity index (χ1n) is 5.26. The van der Waals surface area contributed by atoms with Gasteiger partial charge >= 0.3 is 0 Å². The monoisotopic (exact) mass is 292 g/mol. The van der Waals surface area contributed by atoms with Crippen LogP contribution in [0.3, 0.4) is 0 Å². The highest BCUT2D eigenvalue weighted by Crippen LogP contribution is 2.15. The number of carbonyl (C=O) groups excluding carboxylic acids is 1. The van der Waals surface area contributed by atoms with Crippen molar-refractivity contribution >= 4 is 27.3 Å². The Kier molecular flexibility index (Phi) is 5.20. The molecule has 0 bridgehead atoms. The van der Waals surface area contributed by atoms with E-state index in [4.69, 9.17) is 5.73 Å². The van der Waals surface area contributed by atoms with Crippen LogP contribution in [-0.2, 0) is 10.0 Å². The zero-order valence-electron chi connectivity index (χ0n) is 10.1. The van der Waals surface area contributed by atoms with E-state index in [2.05, 4.69) is 15.0 Å². The van der Waals surface area contributed by atoms with Crippen LogP contribution in [0.1, 0.15) is 28.5 Å². The molecule has 0 saturated carbocycles. The van der Waals surface area contributed by atoms with Crippen molar-refractivity contribution in [3.05, 3.63) is 16.1 Å². The van der Waals surface area contributed by atoms with E-state index in [9.17, 15) is 13.2 Å². The van der Waals surface area contributed by atoms with Crippen molar-refractivity contribution in [3.63, 3.8) is 0 Å². The topological polar surface area (TPSA) is 114 Å². The minimum absolute atomic E-state index is 0.0348. The Balaban J connectivity index is 2.50. The fraction of sp³-hybridized carbons (Fsp3) is 0.556. The van der Waals surface area contributed by atoms with Crippen LogP contribution in [0.15, 0.2) is 5.38 Å². The molecule has 1 atom stereocenters. The van der Waals surface area contributed by atoms with E-state index in [0.29, 0.717) is 5.01 Å². The summed E-state index contributed by atoms with van der Waals surface area (Å²) in [7, 11) is -1.98. The molecule has 0 radical (unpaired) electrons. The summed E-state index contributed by atoms with van der Waals surface area (Å²) in [6, 6.07) is -0.221. The molecule has 1 aromatic heterocycles. The number of hydrogen-bond donors (Lipinski definition) is 3. The van der Waals surface area contributed by atoms with Gasteiger partial charge in [0.1, 0.15) is 10.7 Å². The maximum atomic E-state index is 11.6. The molecular weight excluding hydrogens is 276 g/mol. The van der Waals surface area contributed by atoms with Crippen LogP contribution in [0.4, 0.5) is 0 Å². The highest BCUT2D eigenvalue weighted by Gasteiger charge is 2.13. The van der Waals surface area contributed by atoms with Gasteiger partial charge in [0.25, 0.3) is 5.91 Å². The van der Waals surface area contributed by atoms with Gasteiger partial charge in [-0.2, -0.15) is 0 Å². The van der Waals surface area contributed by atoms with Crippen LogP contribution in [0, 0.1) is 0 Å². The van der Waals surface area contributed by atoms with Crippen molar-refractivity contribution in [1.29, 1.82) is 0 Å². The highest BCUT2D eigenvalue weighted by atomic mass is 32.2. The number of rotatable bonds is 6. The third kappa shape index (κ3) is 4.33. The number of sulfonamides is 1. The molecule has 0 spiro atoms. The van der Waals surface area contributed by atoms with Crippen molar-refractivity contribution < 1.29 is 13.2 Å². The summed E-state index contributed by atoms with van der Waals surface area (Å²) in [5.41, 5.74) is 5.89. The lowest BCUT2D eigenvalue weighted by Crippen LogP contribution is -2.33. The average Bonchev–Trinajstić information content (AvgIpc) is 2.78. The molecule has 18 heavy (non-hydrogen) atoms. The minimum Gasteiger partial charge on any atom is -0.350 e. The number of nitrogens with one attached hydrogen (secondary N) is 2. The molecule has 0 aliphatic rings. The molecule has 7 nitrogen and oxygen atoms in total. The van der Waals surface area contributed by atoms with Gasteiger partial charge in [0.05, 0.1) is 11.8 Å². The zero-order valence-corrected chi connectivity index (χ0v) is 11.8. The maximum absolute atomic E-state index is 11.6. The molecule has 0 aliphatic heterocycles. The lowest BCUT2D eigenvalue weighted by Gasteiger charge is -2.03. The van der Waals surface area contributed by atoms with Crippen molar-refractivity contribution in [3.8, 4) is 0 Å². The number of carbonyl (C=O) groups is 1. The quantitative estimate of drug-likeness (QED) is 0.650. The summed E-state index contributed by atoms with van der Waals surface area (Å²) >= 11 is 1.30. The summed E-state index contributed by atoms with van der Waals surface area (Å²) < 4.78 is 24.4. The maximum Gasteiger partial charge on any atom is 0.270 e. The van der Waals surface area contributed by atoms with E-state index in [1.54, 1.807) is 12.3 Å². The minimum atomic E-state index is -3.31. The van der Waals surface area contributed by atoms with Crippen LogP contribution in [-0.4, -0.2) is 38.7 Å². The van der Waals surface area contributed by atoms with Gasteiger partial charge < -0.3 is 11.1 Å². The van der Waals surface area contributed by atoms with Crippen LogP contribution in [0.2, 0.25) is 0 Å². The van der Waals surface area contributed by atoms with E-state index < -0.39 is 15.9 Å². The lowest BCUT2D eigenvalue weighted by atomic mass is 10.4. The molecule has 0 fully saturated rings. The van der Waals surface area contributed by atoms with Crippen molar-refractivity contribution in [2.45, 2.75) is 13.0 Å². The van der Waals surface area contributed by atoms with E-state index in [1.807, 2.05) is 0 Å². The molecule has 1 rings (SSSR count). The van der Waals surface area contributed by atoms with Gasteiger partial charge in [-0.15, -0.1) is 11.3 Å². The first kappa shape index (κ1) is 15.0. The van der Waals surface area contributed by atoms with Gasteiger partial charge in [-0.3, -0.25) is 4.79 Å². The van der Waals surface area contributed by atoms with Gasteiger partial charge in [0.2, 0.25) is 10.0 Å². The normalized spacial score (nSPS) is 13.3. The molecule has 9 heteroatoms. The number of amides is 1. The fourth-order valence-corrected chi connectivity index (χ4v) is 2.43. The molecule has 1 amide bonds. The van der Waals surface area contributed by atoms with Gasteiger partial charge in [0.15, 0.2) is 0 Å². The lowest BCUT2D eigenvalue weighted by molar-refractivity contribution is 0.0951. The van der Waals surface area contributed by atoms with E-state index in [1.165, 1.54) is 18.4 Å². The fourth-order valence-electron chi connectivity index (χ4n) is 1.09. The Hall–Kier alpha value is -1.03. The summed E-state index contributed by atoms with van der Waals surface area (Å²) in [5.74, 6) is -0.566. The zero-order chi connectivity index (χ0) is 13.8. The van der Waals surface area contributed by atoms with Gasteiger partial charge in [-0.05, 0) is 14.0 Å². The average molecular weight is 292 g/mol. The summed E-state index contributed by atoms with van der Waals surface area (Å²) in [4.78, 5) is 15.7. The molecule has 1 heterocycles. The van der Waals surface area contributed by atoms with E-state index >= 15 is 0 Å². The smallest absolute Gasteiger partial charge is 0.270 e. The SMILES string of the molecule is CNS(=O)(=O)CCNC(=O)c1csc(C(C)N)n1. The molecule has 0 aromatic carbocycles. The predicted octanol–water partition coefficient (Wildman–Crippen LogP) is -0.558. The molecule has 1 aromatic rings. The second-order valence-electron chi connectivity index (χ2n) is 3.64. The summed E-state index contributed by atoms with van der Waals surface area (Å²) in [6.45, 7) is 1.81. The van der Waals surface area contributed by atoms with Gasteiger partial charge in [-0.25, -0.2) is 18.1 Å². The largest absolute Gasteiger partial charge is 0.350 e. The Morgan fingerprint density at radius 2 is 2.28 bits per heavy atom. The van der Waals surface area contributed by atoms with Gasteiger partial charge in [0, 0.05) is 11.9 Å². The second kappa shape index (κ2) is 6.23. The van der Waals surface area contributed by atoms with Crippen molar-refractivity contribution in [1.82, 2.24) is 15.0 Å². The molecule has 0 aliphatic carbocycles. The second-order valence-corrected chi connectivity index (χ2v) is 6.57. The number of hydrogen-bond acceptors (Lipinski definition) is 6. The Bertz CT molecular complexity index is 510. The van der Waals surface area contributed by atoms with Crippen LogP contribution in [0.5, 0.6) is 0 Å². The summed E-state index contributed by atoms with van der Waals surface area (Å²) in [6.07, 6.45) is 0. The van der Waals surface area contributed by atoms with Gasteiger partial charge in [-0.1, -0.05) is 0 Å². The first-order chi connectivity index (χ1) is 8.35. The van der Waals surface area contributed by atoms with Crippen LogP contribution < -0.4 is 15.8 Å². The molecule has 102 valence electrons.